The van der Waals surface area contributed by atoms with Crippen LogP contribution in [-0.4, -0.2) is 60.3 Å². The molecule has 4 rings (SSSR count). The lowest BCUT2D eigenvalue weighted by atomic mass is 9.88. The third kappa shape index (κ3) is 5.79. The third-order valence-electron chi connectivity index (χ3n) is 6.41. The number of benzene rings is 2. The number of rotatable bonds is 10. The Morgan fingerprint density at radius 2 is 1.97 bits per heavy atom. The Kier molecular flexibility index (Phi) is 7.98. The highest BCUT2D eigenvalue weighted by atomic mass is 19.4. The van der Waals surface area contributed by atoms with E-state index in [9.17, 15) is 22.7 Å². The number of H-pyrrole nitrogens is 1. The molecule has 2 aromatic carbocycles. The Labute approximate surface area is 202 Å². The van der Waals surface area contributed by atoms with E-state index in [4.69, 9.17) is 4.74 Å². The van der Waals surface area contributed by atoms with Gasteiger partial charge in [0.1, 0.15) is 18.6 Å². The lowest BCUT2D eigenvalue weighted by Crippen LogP contribution is -2.48. The van der Waals surface area contributed by atoms with Crippen LogP contribution in [0.2, 0.25) is 0 Å². The summed E-state index contributed by atoms with van der Waals surface area (Å²) in [6.07, 6.45) is -4.62. The number of aromatic amines is 1. The van der Waals surface area contributed by atoms with Gasteiger partial charge >= 0.3 is 6.18 Å². The lowest BCUT2D eigenvalue weighted by Gasteiger charge is -2.40. The molecule has 2 heterocycles. The second-order valence-electron chi connectivity index (χ2n) is 8.79. The Bertz CT molecular complexity index is 1130. The largest absolute Gasteiger partial charge is 0.492 e. The predicted octanol–water partition coefficient (Wildman–Crippen LogP) is 4.89. The van der Waals surface area contributed by atoms with Crippen LogP contribution in [0.25, 0.3) is 10.9 Å². The molecule has 0 aliphatic carbocycles. The molecule has 0 bridgehead atoms. The number of hydrogen-bond donors (Lipinski definition) is 3. The molecule has 1 aliphatic rings. The van der Waals surface area contributed by atoms with Gasteiger partial charge in [0.05, 0.1) is 19.3 Å². The van der Waals surface area contributed by atoms with Crippen LogP contribution >= 0.6 is 0 Å². The minimum Gasteiger partial charge on any atom is -0.492 e. The number of hydrogen-bond acceptors (Lipinski definition) is 4. The van der Waals surface area contributed by atoms with E-state index in [1.54, 1.807) is 6.07 Å². The first-order valence-corrected chi connectivity index (χ1v) is 11.9. The Hall–Kier alpha value is -2.62. The SMILES string of the molecule is CCc1ccc(OCCNCCCF)cc1[C@@H]1c2[nH]c3ccccc3c2C[C@@H](O)N1CC(F)(F)F. The fourth-order valence-corrected chi connectivity index (χ4v) is 4.85. The first-order valence-electron chi connectivity index (χ1n) is 11.9. The second kappa shape index (κ2) is 11.0. The predicted molar refractivity (Wildman–Crippen MR) is 127 cm³/mol. The summed E-state index contributed by atoms with van der Waals surface area (Å²) in [5, 5.41) is 14.9. The molecule has 0 unspecified atom stereocenters. The van der Waals surface area contributed by atoms with Gasteiger partial charge in [0.15, 0.2) is 0 Å². The standard InChI is InChI=1S/C26H31F4N3O2/c1-2-17-8-9-18(35-13-12-31-11-5-10-27)14-20(17)25-24-21(19-6-3-4-7-22(19)32-24)15-23(34)33(25)16-26(28,29)30/h3-4,6-9,14,23,25,31-32,34H,2,5,10-13,15-16H2,1H3/t23-,25-/m1/s1. The van der Waals surface area contributed by atoms with Crippen molar-refractivity contribution < 1.29 is 27.4 Å². The minimum absolute atomic E-state index is 0.105. The molecule has 0 fully saturated rings. The van der Waals surface area contributed by atoms with E-state index in [2.05, 4.69) is 10.3 Å². The molecule has 3 N–H and O–H groups in total. The van der Waals surface area contributed by atoms with Crippen molar-refractivity contribution in [3.05, 3.63) is 64.8 Å². The van der Waals surface area contributed by atoms with Gasteiger partial charge in [-0.05, 0) is 54.3 Å². The fourth-order valence-electron chi connectivity index (χ4n) is 4.85. The van der Waals surface area contributed by atoms with Crippen LogP contribution in [0.3, 0.4) is 0 Å². The van der Waals surface area contributed by atoms with E-state index in [0.29, 0.717) is 49.5 Å². The number of fused-ring (bicyclic) bond motifs is 3. The van der Waals surface area contributed by atoms with Crippen LogP contribution in [-0.2, 0) is 12.8 Å². The maximum Gasteiger partial charge on any atom is 0.401 e. The zero-order valence-electron chi connectivity index (χ0n) is 19.7. The summed E-state index contributed by atoms with van der Waals surface area (Å²) in [5.74, 6) is 0.536. The Balaban J connectivity index is 1.72. The number of ether oxygens (including phenoxy) is 1. The van der Waals surface area contributed by atoms with Crippen LogP contribution in [0, 0.1) is 0 Å². The molecule has 1 aromatic heterocycles. The summed E-state index contributed by atoms with van der Waals surface area (Å²) < 4.78 is 58.9. The van der Waals surface area contributed by atoms with Gasteiger partial charge in [-0.2, -0.15) is 13.2 Å². The summed E-state index contributed by atoms with van der Waals surface area (Å²) in [7, 11) is 0. The molecule has 5 nitrogen and oxygen atoms in total. The van der Waals surface area contributed by atoms with Crippen molar-refractivity contribution in [1.29, 1.82) is 0 Å². The van der Waals surface area contributed by atoms with Gasteiger partial charge in [0.25, 0.3) is 0 Å². The van der Waals surface area contributed by atoms with Crippen LogP contribution in [0.1, 0.15) is 41.8 Å². The number of aliphatic hydroxyl groups is 1. The molecular weight excluding hydrogens is 462 g/mol. The average Bonchev–Trinajstić information content (AvgIpc) is 3.19. The average molecular weight is 494 g/mol. The van der Waals surface area contributed by atoms with E-state index >= 15 is 0 Å². The summed E-state index contributed by atoms with van der Waals surface area (Å²) in [6, 6.07) is 12.2. The number of nitrogens with one attached hydrogen (secondary N) is 2. The van der Waals surface area contributed by atoms with Crippen LogP contribution in [0.15, 0.2) is 42.5 Å². The number of alkyl halides is 4. The number of aromatic nitrogens is 1. The van der Waals surface area contributed by atoms with E-state index < -0.39 is 25.0 Å². The summed E-state index contributed by atoms with van der Waals surface area (Å²) in [4.78, 5) is 4.46. The molecule has 1 aliphatic heterocycles. The molecule has 190 valence electrons. The monoisotopic (exact) mass is 493 g/mol. The van der Waals surface area contributed by atoms with Gasteiger partial charge < -0.3 is 20.1 Å². The zero-order chi connectivity index (χ0) is 25.0. The van der Waals surface area contributed by atoms with E-state index in [0.717, 1.165) is 26.9 Å². The molecule has 35 heavy (non-hydrogen) atoms. The van der Waals surface area contributed by atoms with Crippen molar-refractivity contribution in [2.45, 2.75) is 44.6 Å². The maximum absolute atomic E-state index is 13.6. The van der Waals surface area contributed by atoms with Crippen molar-refractivity contribution in [3.8, 4) is 5.75 Å². The highest BCUT2D eigenvalue weighted by Crippen LogP contribution is 2.43. The summed E-state index contributed by atoms with van der Waals surface area (Å²) in [5.41, 5.74) is 3.89. The number of para-hydroxylation sites is 1. The van der Waals surface area contributed by atoms with E-state index in [-0.39, 0.29) is 13.1 Å². The van der Waals surface area contributed by atoms with Gasteiger partial charge in [-0.15, -0.1) is 0 Å². The second-order valence-corrected chi connectivity index (χ2v) is 8.79. The van der Waals surface area contributed by atoms with Crippen molar-refractivity contribution in [2.75, 3.05) is 32.9 Å². The van der Waals surface area contributed by atoms with Crippen molar-refractivity contribution in [2.24, 2.45) is 0 Å². The van der Waals surface area contributed by atoms with Gasteiger partial charge in [-0.1, -0.05) is 31.2 Å². The number of nitrogens with zero attached hydrogens (tertiary/aromatic N) is 1. The van der Waals surface area contributed by atoms with Gasteiger partial charge in [-0.25, -0.2) is 0 Å². The van der Waals surface area contributed by atoms with Crippen molar-refractivity contribution in [1.82, 2.24) is 15.2 Å². The van der Waals surface area contributed by atoms with Gasteiger partial charge in [-0.3, -0.25) is 9.29 Å². The third-order valence-corrected chi connectivity index (χ3v) is 6.41. The van der Waals surface area contributed by atoms with Crippen LogP contribution in [0.5, 0.6) is 5.75 Å². The van der Waals surface area contributed by atoms with Crippen molar-refractivity contribution >= 4 is 10.9 Å². The zero-order valence-corrected chi connectivity index (χ0v) is 19.7. The quantitative estimate of drug-likeness (QED) is 0.278. The number of halogens is 4. The number of aliphatic hydroxyl groups excluding tert-OH is 1. The van der Waals surface area contributed by atoms with E-state index in [1.807, 2.05) is 43.3 Å². The Morgan fingerprint density at radius 3 is 2.71 bits per heavy atom. The smallest absolute Gasteiger partial charge is 0.401 e. The molecule has 9 heteroatoms. The molecule has 0 radical (unpaired) electrons. The molecule has 0 saturated heterocycles. The minimum atomic E-state index is -4.48. The first-order chi connectivity index (χ1) is 16.8. The first kappa shape index (κ1) is 25.5. The van der Waals surface area contributed by atoms with E-state index in [1.165, 1.54) is 0 Å². The molecule has 0 spiro atoms. The Morgan fingerprint density at radius 1 is 1.17 bits per heavy atom. The van der Waals surface area contributed by atoms with Gasteiger partial charge in [0, 0.05) is 29.6 Å². The lowest BCUT2D eigenvalue weighted by molar-refractivity contribution is -0.174. The summed E-state index contributed by atoms with van der Waals surface area (Å²) in [6.45, 7) is 1.75. The molecule has 0 amide bonds. The molecule has 0 saturated carbocycles. The maximum atomic E-state index is 13.6. The summed E-state index contributed by atoms with van der Waals surface area (Å²) >= 11 is 0. The van der Waals surface area contributed by atoms with Crippen LogP contribution in [0.4, 0.5) is 17.6 Å². The topological polar surface area (TPSA) is 60.5 Å². The highest BCUT2D eigenvalue weighted by molar-refractivity contribution is 5.85. The molecule has 2 atom stereocenters. The highest BCUT2D eigenvalue weighted by Gasteiger charge is 2.43. The fraction of sp³-hybridized carbons (Fsp3) is 0.462. The normalized spacial score (nSPS) is 18.7. The van der Waals surface area contributed by atoms with Crippen molar-refractivity contribution in [3.63, 3.8) is 0 Å². The van der Waals surface area contributed by atoms with Gasteiger partial charge in [0.2, 0.25) is 0 Å². The molecular formula is C26H31F4N3O2. The van der Waals surface area contributed by atoms with Crippen LogP contribution < -0.4 is 10.1 Å². The molecule has 3 aromatic rings. The number of aryl methyl sites for hydroxylation is 1.